The fraction of sp³-hybridized carbons (Fsp3) is 0.562. The number of hydrogen-bond acceptors (Lipinski definition) is 2. The number of aryl methyl sites for hydroxylation is 1. The normalized spacial score (nSPS) is 16.1. The highest BCUT2D eigenvalue weighted by Gasteiger charge is 2.20. The van der Waals surface area contributed by atoms with E-state index in [-0.39, 0.29) is 11.8 Å². The molecule has 1 aliphatic rings. The molecule has 0 spiro atoms. The van der Waals surface area contributed by atoms with Crippen LogP contribution in [0.5, 0.6) is 5.75 Å². The summed E-state index contributed by atoms with van der Waals surface area (Å²) >= 11 is 0. The Morgan fingerprint density at radius 1 is 1.32 bits per heavy atom. The average Bonchev–Trinajstić information content (AvgIpc) is 2.46. The summed E-state index contributed by atoms with van der Waals surface area (Å²) in [6, 6.07) is 6.04. The Hall–Kier alpha value is -1.51. The van der Waals surface area contributed by atoms with Crippen LogP contribution in [0.4, 0.5) is 0 Å². The molecule has 3 heteroatoms. The van der Waals surface area contributed by atoms with Crippen LogP contribution >= 0.6 is 0 Å². The molecule has 0 atom stereocenters. The lowest BCUT2D eigenvalue weighted by atomic mass is 9.88. The second-order valence-corrected chi connectivity index (χ2v) is 5.37. The second kappa shape index (κ2) is 6.60. The zero-order valence-electron chi connectivity index (χ0n) is 11.9. The van der Waals surface area contributed by atoms with Crippen LogP contribution in [0.1, 0.15) is 43.2 Å². The maximum Gasteiger partial charge on any atom is 0.223 e. The Bertz CT molecular complexity index is 436. The monoisotopic (exact) mass is 261 g/mol. The van der Waals surface area contributed by atoms with E-state index < -0.39 is 0 Å². The molecule has 0 radical (unpaired) electrons. The molecule has 0 aromatic heterocycles. The minimum absolute atomic E-state index is 0.197. The number of carbonyl (C=O) groups is 1. The van der Waals surface area contributed by atoms with Gasteiger partial charge in [-0.25, -0.2) is 0 Å². The molecule has 0 aliphatic heterocycles. The Morgan fingerprint density at radius 3 is 2.74 bits per heavy atom. The van der Waals surface area contributed by atoms with Crippen LogP contribution in [-0.2, 0) is 11.3 Å². The first-order valence-electron chi connectivity index (χ1n) is 7.12. The molecule has 104 valence electrons. The number of ether oxygens (including phenoxy) is 1. The Labute approximate surface area is 115 Å². The van der Waals surface area contributed by atoms with E-state index in [0.717, 1.165) is 24.2 Å². The summed E-state index contributed by atoms with van der Waals surface area (Å²) in [5.41, 5.74) is 2.23. The van der Waals surface area contributed by atoms with Gasteiger partial charge in [-0.05, 0) is 25.8 Å². The standard InChI is InChI=1S/C16H23NO2/c1-12-8-9-15(19-2)14(10-12)11-17-16(18)13-6-4-3-5-7-13/h8-10,13H,3-7,11H2,1-2H3,(H,17,18). The maximum atomic E-state index is 12.1. The average molecular weight is 261 g/mol. The molecule has 0 bridgehead atoms. The van der Waals surface area contributed by atoms with Crippen molar-refractivity contribution in [2.24, 2.45) is 5.92 Å². The van der Waals surface area contributed by atoms with E-state index in [1.54, 1.807) is 7.11 Å². The first kappa shape index (κ1) is 13.9. The van der Waals surface area contributed by atoms with Crippen molar-refractivity contribution in [1.29, 1.82) is 0 Å². The molecule has 0 saturated heterocycles. The summed E-state index contributed by atoms with van der Waals surface area (Å²) in [4.78, 5) is 12.1. The largest absolute Gasteiger partial charge is 0.496 e. The Morgan fingerprint density at radius 2 is 2.05 bits per heavy atom. The number of benzene rings is 1. The van der Waals surface area contributed by atoms with Crippen LogP contribution in [0, 0.1) is 12.8 Å². The Balaban J connectivity index is 1.94. The summed E-state index contributed by atoms with van der Waals surface area (Å²) in [5, 5.41) is 3.05. The van der Waals surface area contributed by atoms with Gasteiger partial charge in [0.25, 0.3) is 0 Å². The van der Waals surface area contributed by atoms with Crippen molar-refractivity contribution in [2.75, 3.05) is 7.11 Å². The van der Waals surface area contributed by atoms with Gasteiger partial charge in [0, 0.05) is 18.0 Å². The summed E-state index contributed by atoms with van der Waals surface area (Å²) < 4.78 is 5.33. The van der Waals surface area contributed by atoms with Crippen molar-refractivity contribution in [3.63, 3.8) is 0 Å². The highest BCUT2D eigenvalue weighted by molar-refractivity contribution is 5.78. The van der Waals surface area contributed by atoms with Crippen molar-refractivity contribution < 1.29 is 9.53 Å². The second-order valence-electron chi connectivity index (χ2n) is 5.37. The SMILES string of the molecule is COc1ccc(C)cc1CNC(=O)C1CCCCC1. The fourth-order valence-corrected chi connectivity index (χ4v) is 2.74. The number of hydrogen-bond donors (Lipinski definition) is 1. The van der Waals surface area contributed by atoms with E-state index in [0.29, 0.717) is 6.54 Å². The van der Waals surface area contributed by atoms with Gasteiger partial charge >= 0.3 is 0 Å². The quantitative estimate of drug-likeness (QED) is 0.904. The van der Waals surface area contributed by atoms with Gasteiger partial charge in [-0.3, -0.25) is 4.79 Å². The molecule has 1 amide bonds. The molecule has 0 heterocycles. The van der Waals surface area contributed by atoms with Crippen LogP contribution in [-0.4, -0.2) is 13.0 Å². The van der Waals surface area contributed by atoms with Gasteiger partial charge in [-0.1, -0.05) is 37.0 Å². The summed E-state index contributed by atoms with van der Waals surface area (Å²) in [7, 11) is 1.66. The first-order valence-corrected chi connectivity index (χ1v) is 7.12. The van der Waals surface area contributed by atoms with E-state index in [4.69, 9.17) is 4.74 Å². The molecule has 19 heavy (non-hydrogen) atoms. The van der Waals surface area contributed by atoms with Gasteiger partial charge in [0.2, 0.25) is 5.91 Å². The smallest absolute Gasteiger partial charge is 0.223 e. The van der Waals surface area contributed by atoms with Crippen molar-refractivity contribution in [2.45, 2.75) is 45.6 Å². The van der Waals surface area contributed by atoms with E-state index in [1.807, 2.05) is 19.1 Å². The van der Waals surface area contributed by atoms with Crippen LogP contribution in [0.25, 0.3) is 0 Å². The number of carbonyl (C=O) groups excluding carboxylic acids is 1. The number of nitrogens with one attached hydrogen (secondary N) is 1. The van der Waals surface area contributed by atoms with E-state index in [1.165, 1.54) is 24.8 Å². The molecule has 0 unspecified atom stereocenters. The fourth-order valence-electron chi connectivity index (χ4n) is 2.74. The highest BCUT2D eigenvalue weighted by Crippen LogP contribution is 2.24. The predicted molar refractivity (Wildman–Crippen MR) is 76.2 cm³/mol. The van der Waals surface area contributed by atoms with Gasteiger partial charge < -0.3 is 10.1 Å². The molecule has 1 saturated carbocycles. The molecule has 1 aromatic carbocycles. The highest BCUT2D eigenvalue weighted by atomic mass is 16.5. The summed E-state index contributed by atoms with van der Waals surface area (Å²) in [5.74, 6) is 1.25. The van der Waals surface area contributed by atoms with Crippen molar-refractivity contribution in [3.05, 3.63) is 29.3 Å². The first-order chi connectivity index (χ1) is 9.20. The summed E-state index contributed by atoms with van der Waals surface area (Å²) in [6.45, 7) is 2.60. The molecule has 1 N–H and O–H groups in total. The van der Waals surface area contributed by atoms with Gasteiger partial charge in [0.05, 0.1) is 7.11 Å². The molecule has 2 rings (SSSR count). The Kier molecular flexibility index (Phi) is 4.83. The van der Waals surface area contributed by atoms with Gasteiger partial charge in [-0.2, -0.15) is 0 Å². The van der Waals surface area contributed by atoms with Gasteiger partial charge in [0.1, 0.15) is 5.75 Å². The zero-order valence-corrected chi connectivity index (χ0v) is 11.9. The van der Waals surface area contributed by atoms with E-state index in [2.05, 4.69) is 11.4 Å². The number of amides is 1. The van der Waals surface area contributed by atoms with Crippen LogP contribution in [0.2, 0.25) is 0 Å². The minimum Gasteiger partial charge on any atom is -0.496 e. The van der Waals surface area contributed by atoms with Crippen molar-refractivity contribution in [3.8, 4) is 5.75 Å². The lowest BCUT2D eigenvalue weighted by Crippen LogP contribution is -2.31. The van der Waals surface area contributed by atoms with E-state index in [9.17, 15) is 4.79 Å². The van der Waals surface area contributed by atoms with Crippen molar-refractivity contribution >= 4 is 5.91 Å². The van der Waals surface area contributed by atoms with Crippen molar-refractivity contribution in [1.82, 2.24) is 5.32 Å². The molecule has 1 fully saturated rings. The lowest BCUT2D eigenvalue weighted by molar-refractivity contribution is -0.126. The van der Waals surface area contributed by atoms with Gasteiger partial charge in [0.15, 0.2) is 0 Å². The topological polar surface area (TPSA) is 38.3 Å². The number of methoxy groups -OCH3 is 1. The summed E-state index contributed by atoms with van der Waals surface area (Å²) in [6.07, 6.45) is 5.72. The predicted octanol–water partition coefficient (Wildman–Crippen LogP) is 3.20. The van der Waals surface area contributed by atoms with Crippen LogP contribution in [0.3, 0.4) is 0 Å². The molecular formula is C16H23NO2. The maximum absolute atomic E-state index is 12.1. The molecule has 1 aliphatic carbocycles. The van der Waals surface area contributed by atoms with Gasteiger partial charge in [-0.15, -0.1) is 0 Å². The third-order valence-corrected chi connectivity index (χ3v) is 3.86. The van der Waals surface area contributed by atoms with E-state index >= 15 is 0 Å². The molecule has 3 nitrogen and oxygen atoms in total. The lowest BCUT2D eigenvalue weighted by Gasteiger charge is -2.21. The number of rotatable bonds is 4. The minimum atomic E-state index is 0.197. The van der Waals surface area contributed by atoms with Crippen LogP contribution in [0.15, 0.2) is 18.2 Å². The molecule has 1 aromatic rings. The molecular weight excluding hydrogens is 238 g/mol. The van der Waals surface area contributed by atoms with Crippen LogP contribution < -0.4 is 10.1 Å². The third-order valence-electron chi connectivity index (χ3n) is 3.86. The third kappa shape index (κ3) is 3.72. The zero-order chi connectivity index (χ0) is 13.7.